The molecule has 0 saturated carbocycles. The number of carboxylic acid groups (broad SMARTS) is 1. The molecule has 0 saturated heterocycles. The molecule has 134 valence electrons. The Morgan fingerprint density at radius 1 is 1.20 bits per heavy atom. The summed E-state index contributed by atoms with van der Waals surface area (Å²) in [6, 6.07) is 6.45. The lowest BCUT2D eigenvalue weighted by Crippen LogP contribution is -2.22. The van der Waals surface area contributed by atoms with Crippen molar-refractivity contribution in [2.75, 3.05) is 14.1 Å². The second-order valence-electron chi connectivity index (χ2n) is 5.44. The number of hydrogen-bond donors (Lipinski definition) is 2. The molecule has 0 aliphatic rings. The average Bonchev–Trinajstić information content (AvgIpc) is 3.05. The molecule has 0 fully saturated rings. The van der Waals surface area contributed by atoms with Gasteiger partial charge in [0.25, 0.3) is 5.56 Å². The Labute approximate surface area is 144 Å². The van der Waals surface area contributed by atoms with Gasteiger partial charge in [-0.3, -0.25) is 4.79 Å². The number of carboxylic acids is 1. The molecule has 2 heterocycles. The zero-order valence-electron chi connectivity index (χ0n) is 14.0. The Hall–Kier alpha value is -2.65. The van der Waals surface area contributed by atoms with Crippen LogP contribution in [0.15, 0.2) is 40.2 Å². The number of nitrogens with zero attached hydrogens (tertiary/aromatic N) is 1. The summed E-state index contributed by atoms with van der Waals surface area (Å²) in [6.45, 7) is 1.54. The lowest BCUT2D eigenvalue weighted by molar-refractivity contribution is -0.305. The highest BCUT2D eigenvalue weighted by Gasteiger charge is 2.18. The molecule has 0 aliphatic heterocycles. The van der Waals surface area contributed by atoms with Crippen LogP contribution in [-0.4, -0.2) is 42.8 Å². The molecule has 0 unspecified atom stereocenters. The lowest BCUT2D eigenvalue weighted by atomic mass is 10.1. The number of aromatic nitrogens is 2. The summed E-state index contributed by atoms with van der Waals surface area (Å²) in [5.74, 6) is -0.995. The molecule has 0 radical (unpaired) electrons. The number of carbonyl (C=O) groups is 1. The average molecular weight is 364 g/mol. The minimum Gasteiger partial charge on any atom is -0.550 e. The second-order valence-corrected chi connectivity index (χ2v) is 7.59. The normalized spacial score (nSPS) is 11.5. The van der Waals surface area contributed by atoms with Gasteiger partial charge in [0.15, 0.2) is 0 Å². The first-order valence-corrected chi connectivity index (χ1v) is 8.88. The van der Waals surface area contributed by atoms with Crippen LogP contribution in [-0.2, 0) is 14.8 Å². The van der Waals surface area contributed by atoms with E-state index in [1.54, 1.807) is 24.4 Å². The van der Waals surface area contributed by atoms with Gasteiger partial charge in [-0.25, -0.2) is 12.7 Å². The summed E-state index contributed by atoms with van der Waals surface area (Å²) in [5, 5.41) is 10.7. The molecule has 0 aliphatic carbocycles. The van der Waals surface area contributed by atoms with Gasteiger partial charge < -0.3 is 19.9 Å². The number of hydrogen-bond acceptors (Lipinski definition) is 5. The Bertz CT molecular complexity index is 1080. The Morgan fingerprint density at radius 2 is 1.84 bits per heavy atom. The van der Waals surface area contributed by atoms with Crippen molar-refractivity contribution in [1.82, 2.24) is 14.3 Å². The van der Waals surface area contributed by atoms with Crippen LogP contribution < -0.4 is 10.7 Å². The predicted molar refractivity (Wildman–Crippen MR) is 92.6 cm³/mol. The summed E-state index contributed by atoms with van der Waals surface area (Å²) in [7, 11) is -0.530. The third-order valence-electron chi connectivity index (χ3n) is 3.57. The van der Waals surface area contributed by atoms with E-state index < -0.39 is 16.0 Å². The summed E-state index contributed by atoms with van der Waals surface area (Å²) in [4.78, 5) is 26.9. The van der Waals surface area contributed by atoms with E-state index in [-0.39, 0.29) is 16.9 Å². The molecule has 1 aromatic carbocycles. The van der Waals surface area contributed by atoms with E-state index in [1.807, 2.05) is 0 Å². The number of fused-ring (bicyclic) bond motifs is 3. The molecular formula is C16H18N3O5S-. The van der Waals surface area contributed by atoms with Gasteiger partial charge in [-0.1, -0.05) is 6.92 Å². The van der Waals surface area contributed by atoms with E-state index in [0.29, 0.717) is 21.8 Å². The van der Waals surface area contributed by atoms with Gasteiger partial charge in [-0.05, 0) is 30.7 Å². The Balaban J connectivity index is 0.000000399. The van der Waals surface area contributed by atoms with E-state index in [9.17, 15) is 23.1 Å². The van der Waals surface area contributed by atoms with Crippen molar-refractivity contribution >= 4 is 37.8 Å². The highest BCUT2D eigenvalue weighted by molar-refractivity contribution is 7.89. The first-order valence-electron chi connectivity index (χ1n) is 7.44. The lowest BCUT2D eigenvalue weighted by Gasteiger charge is -2.12. The second kappa shape index (κ2) is 7.08. The van der Waals surface area contributed by atoms with E-state index in [2.05, 4.69) is 9.97 Å². The van der Waals surface area contributed by atoms with Crippen molar-refractivity contribution in [2.24, 2.45) is 0 Å². The van der Waals surface area contributed by atoms with Gasteiger partial charge in [0.2, 0.25) is 10.0 Å². The molecule has 2 N–H and O–H groups in total. The smallest absolute Gasteiger partial charge is 0.272 e. The number of carbonyl (C=O) groups excluding carboxylic acids is 1. The maximum atomic E-state index is 12.2. The van der Waals surface area contributed by atoms with Gasteiger partial charge in [0, 0.05) is 42.6 Å². The molecule has 8 nitrogen and oxygen atoms in total. The highest BCUT2D eigenvalue weighted by atomic mass is 32.2. The van der Waals surface area contributed by atoms with Crippen LogP contribution in [0.4, 0.5) is 0 Å². The first kappa shape index (κ1) is 18.7. The van der Waals surface area contributed by atoms with Crippen LogP contribution in [0.25, 0.3) is 21.8 Å². The number of aromatic amines is 2. The fourth-order valence-corrected chi connectivity index (χ4v) is 3.12. The van der Waals surface area contributed by atoms with E-state index >= 15 is 0 Å². The molecule has 0 bridgehead atoms. The Kier molecular flexibility index (Phi) is 5.29. The fraction of sp³-hybridized carbons (Fsp3) is 0.250. The standard InChI is InChI=1S/C13H13N3O3S.C3H6O2/c1-16(2)20(18,19)8-3-4-11-10(7-8)9-5-6-14-12(9)13(17)15-11;1-2-3(4)5/h3-7,14H,1-2H3,(H,15,17);2H2,1H3,(H,4,5)/p-1. The van der Waals surface area contributed by atoms with Crippen molar-refractivity contribution in [3.8, 4) is 0 Å². The summed E-state index contributed by atoms with van der Waals surface area (Å²) < 4.78 is 25.5. The molecule has 25 heavy (non-hydrogen) atoms. The molecular weight excluding hydrogens is 346 g/mol. The molecule has 3 rings (SSSR count). The first-order chi connectivity index (χ1) is 11.7. The maximum absolute atomic E-state index is 12.2. The summed E-state index contributed by atoms with van der Waals surface area (Å²) >= 11 is 0. The van der Waals surface area contributed by atoms with Crippen LogP contribution in [0.1, 0.15) is 13.3 Å². The Morgan fingerprint density at radius 3 is 2.40 bits per heavy atom. The van der Waals surface area contributed by atoms with Crippen molar-refractivity contribution < 1.29 is 18.3 Å². The number of nitrogens with one attached hydrogen (secondary N) is 2. The number of H-pyrrole nitrogens is 2. The maximum Gasteiger partial charge on any atom is 0.272 e. The monoisotopic (exact) mass is 364 g/mol. The van der Waals surface area contributed by atoms with Crippen molar-refractivity contribution in [2.45, 2.75) is 18.2 Å². The third kappa shape index (κ3) is 3.72. The fourth-order valence-electron chi connectivity index (χ4n) is 2.19. The van der Waals surface area contributed by atoms with Crippen LogP contribution in [0, 0.1) is 0 Å². The quantitative estimate of drug-likeness (QED) is 0.696. The molecule has 0 amide bonds. The topological polar surface area (TPSA) is 126 Å². The molecule has 9 heteroatoms. The number of pyridine rings is 1. The zero-order chi connectivity index (χ0) is 18.8. The van der Waals surface area contributed by atoms with Gasteiger partial charge in [-0.15, -0.1) is 0 Å². The van der Waals surface area contributed by atoms with Crippen molar-refractivity contribution in [3.05, 3.63) is 40.8 Å². The highest BCUT2D eigenvalue weighted by Crippen LogP contribution is 2.24. The molecule has 0 atom stereocenters. The predicted octanol–water partition coefficient (Wildman–Crippen LogP) is 0.406. The van der Waals surface area contributed by atoms with Crippen LogP contribution in [0.2, 0.25) is 0 Å². The van der Waals surface area contributed by atoms with Crippen molar-refractivity contribution in [3.63, 3.8) is 0 Å². The van der Waals surface area contributed by atoms with Gasteiger partial charge in [0.1, 0.15) is 5.52 Å². The van der Waals surface area contributed by atoms with E-state index in [1.165, 1.54) is 27.1 Å². The van der Waals surface area contributed by atoms with Crippen LogP contribution in [0.3, 0.4) is 0 Å². The SMILES string of the molecule is CCC(=O)[O-].CN(C)S(=O)(=O)c1ccc2[nH]c(=O)c3[nH]ccc3c2c1. The van der Waals surface area contributed by atoms with Crippen LogP contribution in [0.5, 0.6) is 0 Å². The van der Waals surface area contributed by atoms with Gasteiger partial charge in [-0.2, -0.15) is 0 Å². The van der Waals surface area contributed by atoms with E-state index in [0.717, 1.165) is 4.31 Å². The molecule has 3 aromatic rings. The number of benzene rings is 1. The van der Waals surface area contributed by atoms with Crippen molar-refractivity contribution in [1.29, 1.82) is 0 Å². The molecule has 2 aromatic heterocycles. The van der Waals surface area contributed by atoms with Gasteiger partial charge in [0.05, 0.1) is 4.90 Å². The van der Waals surface area contributed by atoms with E-state index in [4.69, 9.17) is 0 Å². The van der Waals surface area contributed by atoms with Crippen LogP contribution >= 0.6 is 0 Å². The third-order valence-corrected chi connectivity index (χ3v) is 5.38. The number of aliphatic carboxylic acids is 1. The minimum absolute atomic E-state index is 0.111. The van der Waals surface area contributed by atoms with Gasteiger partial charge >= 0.3 is 0 Å². The summed E-state index contributed by atoms with van der Waals surface area (Å²) in [5.41, 5.74) is 0.831. The largest absolute Gasteiger partial charge is 0.550 e. The number of sulfonamides is 1. The molecule has 0 spiro atoms. The summed E-state index contributed by atoms with van der Waals surface area (Å²) in [6.07, 6.45) is 1.77. The minimum atomic E-state index is -3.50. The number of rotatable bonds is 3. The zero-order valence-corrected chi connectivity index (χ0v) is 14.8.